The summed E-state index contributed by atoms with van der Waals surface area (Å²) in [4.78, 5) is 16.6. The van der Waals surface area contributed by atoms with E-state index in [1.807, 2.05) is 23.1 Å². The molecular weight excluding hydrogens is 359 g/mol. The summed E-state index contributed by atoms with van der Waals surface area (Å²) in [5.74, 6) is 0.954. The average molecular weight is 384 g/mol. The Bertz CT molecular complexity index is 884. The molecule has 4 rings (SSSR count). The minimum absolute atomic E-state index is 0.0405. The zero-order valence-corrected chi connectivity index (χ0v) is 16.3. The molecule has 2 aromatic carbocycles. The maximum atomic E-state index is 14.4. The minimum Gasteiger partial charge on any atom is -0.490 e. The second-order valence-corrected chi connectivity index (χ2v) is 7.47. The van der Waals surface area contributed by atoms with Crippen LogP contribution in [0.15, 0.2) is 36.4 Å². The van der Waals surface area contributed by atoms with Gasteiger partial charge in [-0.05, 0) is 48.7 Å². The van der Waals surface area contributed by atoms with E-state index < -0.39 is 0 Å². The number of ether oxygens (including phenoxy) is 2. The number of carbonyl (C=O) groups is 1. The van der Waals surface area contributed by atoms with E-state index in [0.717, 1.165) is 36.3 Å². The van der Waals surface area contributed by atoms with Gasteiger partial charge in [-0.15, -0.1) is 0 Å². The van der Waals surface area contributed by atoms with Crippen LogP contribution in [0.2, 0.25) is 0 Å². The summed E-state index contributed by atoms with van der Waals surface area (Å²) in [7, 11) is 3.56. The highest BCUT2D eigenvalue weighted by molar-refractivity contribution is 5.95. The lowest BCUT2D eigenvalue weighted by atomic mass is 10.0. The number of anilines is 1. The van der Waals surface area contributed by atoms with E-state index in [0.29, 0.717) is 31.0 Å². The molecule has 1 saturated heterocycles. The summed E-state index contributed by atoms with van der Waals surface area (Å²) in [6, 6.07) is 10.5. The van der Waals surface area contributed by atoms with Gasteiger partial charge in [-0.2, -0.15) is 0 Å². The molecule has 0 spiro atoms. The van der Waals surface area contributed by atoms with Crippen molar-refractivity contribution in [1.29, 1.82) is 0 Å². The van der Waals surface area contributed by atoms with Crippen LogP contribution in [-0.2, 0) is 0 Å². The summed E-state index contributed by atoms with van der Waals surface area (Å²) >= 11 is 0. The molecule has 0 saturated carbocycles. The van der Waals surface area contributed by atoms with Crippen LogP contribution >= 0.6 is 0 Å². The number of fused-ring (bicyclic) bond motifs is 1. The Morgan fingerprint density at radius 2 is 1.86 bits per heavy atom. The van der Waals surface area contributed by atoms with Gasteiger partial charge in [-0.3, -0.25) is 4.79 Å². The van der Waals surface area contributed by atoms with Crippen molar-refractivity contribution >= 4 is 11.6 Å². The Morgan fingerprint density at radius 1 is 1.07 bits per heavy atom. The summed E-state index contributed by atoms with van der Waals surface area (Å²) in [6.45, 7) is 1.94. The first-order chi connectivity index (χ1) is 13.5. The molecule has 0 N–H and O–H groups in total. The van der Waals surface area contributed by atoms with E-state index in [1.165, 1.54) is 6.07 Å². The van der Waals surface area contributed by atoms with Gasteiger partial charge >= 0.3 is 0 Å². The van der Waals surface area contributed by atoms with E-state index >= 15 is 0 Å². The highest BCUT2D eigenvalue weighted by atomic mass is 19.1. The molecule has 5 nitrogen and oxygen atoms in total. The molecule has 148 valence electrons. The summed E-state index contributed by atoms with van der Waals surface area (Å²) in [5, 5.41) is 0. The number of amides is 1. The van der Waals surface area contributed by atoms with Crippen LogP contribution in [0.3, 0.4) is 0 Å². The fourth-order valence-corrected chi connectivity index (χ4v) is 3.91. The van der Waals surface area contributed by atoms with Gasteiger partial charge in [-0.1, -0.05) is 6.07 Å². The van der Waals surface area contributed by atoms with E-state index in [2.05, 4.69) is 0 Å². The number of benzene rings is 2. The number of carbonyl (C=O) groups excluding carboxylic acids is 1. The van der Waals surface area contributed by atoms with Crippen molar-refractivity contribution in [2.24, 2.45) is 0 Å². The molecule has 0 radical (unpaired) electrons. The summed E-state index contributed by atoms with van der Waals surface area (Å²) in [6.07, 6.45) is 2.65. The van der Waals surface area contributed by atoms with Crippen molar-refractivity contribution in [3.05, 3.63) is 53.3 Å². The third-order valence-corrected chi connectivity index (χ3v) is 5.35. The fourth-order valence-electron chi connectivity index (χ4n) is 3.91. The van der Waals surface area contributed by atoms with Crippen LogP contribution in [0.1, 0.15) is 41.2 Å². The second-order valence-electron chi connectivity index (χ2n) is 7.47. The number of likely N-dealkylation sites (tertiary alicyclic amines) is 1. The predicted octanol–water partition coefficient (Wildman–Crippen LogP) is 4.03. The Labute approximate surface area is 164 Å². The summed E-state index contributed by atoms with van der Waals surface area (Å²) in [5.41, 5.74) is 1.88. The topological polar surface area (TPSA) is 42.0 Å². The lowest BCUT2D eigenvalue weighted by molar-refractivity contribution is 0.0735. The zero-order chi connectivity index (χ0) is 19.7. The van der Waals surface area contributed by atoms with Crippen LogP contribution in [0.5, 0.6) is 11.5 Å². The van der Waals surface area contributed by atoms with Crippen molar-refractivity contribution in [3.8, 4) is 11.5 Å². The van der Waals surface area contributed by atoms with Gasteiger partial charge in [0.15, 0.2) is 11.5 Å². The van der Waals surface area contributed by atoms with Gasteiger partial charge in [0.1, 0.15) is 5.82 Å². The predicted molar refractivity (Wildman–Crippen MR) is 106 cm³/mol. The van der Waals surface area contributed by atoms with E-state index in [9.17, 15) is 9.18 Å². The summed E-state index contributed by atoms with van der Waals surface area (Å²) < 4.78 is 25.9. The number of rotatable bonds is 3. The van der Waals surface area contributed by atoms with E-state index in [-0.39, 0.29) is 17.8 Å². The van der Waals surface area contributed by atoms with Crippen molar-refractivity contribution in [1.82, 2.24) is 4.90 Å². The molecule has 2 heterocycles. The Kier molecular flexibility index (Phi) is 5.11. The van der Waals surface area contributed by atoms with Gasteiger partial charge in [0.25, 0.3) is 5.91 Å². The molecule has 1 fully saturated rings. The first-order valence-electron chi connectivity index (χ1n) is 9.72. The molecule has 2 aliphatic heterocycles. The fraction of sp³-hybridized carbons (Fsp3) is 0.409. The highest BCUT2D eigenvalue weighted by Crippen LogP contribution is 2.38. The van der Waals surface area contributed by atoms with Crippen molar-refractivity contribution < 1.29 is 18.7 Å². The van der Waals surface area contributed by atoms with Crippen molar-refractivity contribution in [2.45, 2.75) is 25.3 Å². The standard InChI is InChI=1S/C22H25FN2O3/c1-24(2)19-8-6-16(13-17(19)23)22(26)25-10-3-5-18(25)15-7-9-20-21(14-15)28-12-4-11-27-20/h6-9,13-14,18H,3-5,10-12H2,1-2H3. The first-order valence-corrected chi connectivity index (χ1v) is 9.72. The highest BCUT2D eigenvalue weighted by Gasteiger charge is 2.31. The zero-order valence-electron chi connectivity index (χ0n) is 16.3. The molecular formula is C22H25FN2O3. The van der Waals surface area contributed by atoms with Crippen LogP contribution in [0.25, 0.3) is 0 Å². The largest absolute Gasteiger partial charge is 0.490 e. The molecule has 6 heteroatoms. The molecule has 0 aromatic heterocycles. The SMILES string of the molecule is CN(C)c1ccc(C(=O)N2CCCC2c2ccc3c(c2)OCCCO3)cc1F. The lowest BCUT2D eigenvalue weighted by Crippen LogP contribution is -2.30. The average Bonchev–Trinajstić information content (AvgIpc) is 3.05. The Morgan fingerprint density at radius 3 is 2.61 bits per heavy atom. The minimum atomic E-state index is -0.387. The van der Waals surface area contributed by atoms with Gasteiger partial charge in [0, 0.05) is 32.6 Å². The van der Waals surface area contributed by atoms with Crippen LogP contribution in [0, 0.1) is 5.82 Å². The number of hydrogen-bond donors (Lipinski definition) is 0. The molecule has 28 heavy (non-hydrogen) atoms. The molecule has 1 amide bonds. The van der Waals surface area contributed by atoms with Crippen molar-refractivity contribution in [2.75, 3.05) is 38.8 Å². The normalized spacial score (nSPS) is 18.7. The third kappa shape index (κ3) is 3.51. The smallest absolute Gasteiger partial charge is 0.254 e. The third-order valence-electron chi connectivity index (χ3n) is 5.35. The number of hydrogen-bond acceptors (Lipinski definition) is 4. The molecule has 2 aromatic rings. The van der Waals surface area contributed by atoms with Gasteiger partial charge in [-0.25, -0.2) is 4.39 Å². The monoisotopic (exact) mass is 384 g/mol. The van der Waals surface area contributed by atoms with Gasteiger partial charge in [0.05, 0.1) is 24.9 Å². The quantitative estimate of drug-likeness (QED) is 0.801. The van der Waals surface area contributed by atoms with Gasteiger partial charge < -0.3 is 19.3 Å². The molecule has 0 bridgehead atoms. The van der Waals surface area contributed by atoms with Crippen LogP contribution < -0.4 is 14.4 Å². The van der Waals surface area contributed by atoms with Crippen LogP contribution in [0.4, 0.5) is 10.1 Å². The Hall–Kier alpha value is -2.76. The molecule has 1 unspecified atom stereocenters. The van der Waals surface area contributed by atoms with Crippen LogP contribution in [-0.4, -0.2) is 44.7 Å². The molecule has 2 aliphatic rings. The van der Waals surface area contributed by atoms with E-state index in [4.69, 9.17) is 9.47 Å². The Balaban J connectivity index is 1.59. The molecule has 0 aliphatic carbocycles. The lowest BCUT2D eigenvalue weighted by Gasteiger charge is -2.26. The number of nitrogens with zero attached hydrogens (tertiary/aromatic N) is 2. The number of halogens is 1. The van der Waals surface area contributed by atoms with Gasteiger partial charge in [0.2, 0.25) is 0 Å². The van der Waals surface area contributed by atoms with Crippen molar-refractivity contribution in [3.63, 3.8) is 0 Å². The maximum absolute atomic E-state index is 14.4. The molecule has 1 atom stereocenters. The first kappa shape index (κ1) is 18.6. The second kappa shape index (κ2) is 7.70. The van der Waals surface area contributed by atoms with E-state index in [1.54, 1.807) is 31.1 Å². The maximum Gasteiger partial charge on any atom is 0.254 e.